The lowest BCUT2D eigenvalue weighted by Gasteiger charge is -2.21. The van der Waals surface area contributed by atoms with Crippen molar-refractivity contribution in [3.8, 4) is 5.75 Å². The summed E-state index contributed by atoms with van der Waals surface area (Å²) in [5.41, 5.74) is 0.444. The first-order valence-electron chi connectivity index (χ1n) is 4.58. The lowest BCUT2D eigenvalue weighted by Crippen LogP contribution is -2.34. The third-order valence-electron chi connectivity index (χ3n) is 2.36. The van der Waals surface area contributed by atoms with Gasteiger partial charge in [0.25, 0.3) is 0 Å². The van der Waals surface area contributed by atoms with Crippen LogP contribution in [0.2, 0.25) is 0 Å². The van der Waals surface area contributed by atoms with Crippen molar-refractivity contribution in [3.63, 3.8) is 0 Å². The van der Waals surface area contributed by atoms with E-state index >= 15 is 0 Å². The van der Waals surface area contributed by atoms with Crippen LogP contribution >= 0.6 is 0 Å². The first kappa shape index (κ1) is 9.71. The molecule has 0 saturated heterocycles. The first-order valence-corrected chi connectivity index (χ1v) is 4.58. The van der Waals surface area contributed by atoms with Gasteiger partial charge in [-0.2, -0.15) is 0 Å². The number of benzene rings is 1. The molecule has 1 aromatic rings. The number of fused-ring (bicyclic) bond motifs is 1. The van der Waals surface area contributed by atoms with Crippen LogP contribution in [0.5, 0.6) is 5.75 Å². The number of Topliss-reactive ketones (excluding diaryl/α,β-unsaturated/α-hetero) is 1. The average Bonchev–Trinajstić information content (AvgIpc) is 2.29. The summed E-state index contributed by atoms with van der Waals surface area (Å²) in [6.07, 6.45) is 0. The smallest absolute Gasteiger partial charge is 0.320 e. The van der Waals surface area contributed by atoms with E-state index in [2.05, 4.69) is 4.74 Å². The molecule has 0 aliphatic carbocycles. The van der Waals surface area contributed by atoms with Crippen LogP contribution in [0.1, 0.15) is 10.4 Å². The van der Waals surface area contributed by atoms with E-state index in [1.165, 1.54) is 7.11 Å². The topological polar surface area (TPSA) is 52.6 Å². The molecule has 1 heterocycles. The first-order chi connectivity index (χ1) is 7.24. The van der Waals surface area contributed by atoms with Crippen LogP contribution in [0.3, 0.4) is 0 Å². The van der Waals surface area contributed by atoms with Crippen molar-refractivity contribution in [2.45, 2.75) is 0 Å². The van der Waals surface area contributed by atoms with E-state index in [4.69, 9.17) is 4.74 Å². The molecule has 0 aromatic heterocycles. The SMILES string of the molecule is COC(=O)[C@@H]1COc2ccccc2C1=O. The predicted octanol–water partition coefficient (Wildman–Crippen LogP) is 1.05. The van der Waals surface area contributed by atoms with Crippen LogP contribution in [0, 0.1) is 5.92 Å². The maximum absolute atomic E-state index is 11.8. The molecule has 0 spiro atoms. The molecule has 4 heteroatoms. The number of ether oxygens (including phenoxy) is 2. The summed E-state index contributed by atoms with van der Waals surface area (Å²) in [5.74, 6) is -1.08. The highest BCUT2D eigenvalue weighted by Crippen LogP contribution is 2.27. The summed E-state index contributed by atoms with van der Waals surface area (Å²) in [5, 5.41) is 0. The van der Waals surface area contributed by atoms with Crippen molar-refractivity contribution < 1.29 is 19.1 Å². The Labute approximate surface area is 86.8 Å². The lowest BCUT2D eigenvalue weighted by atomic mass is 9.95. The van der Waals surface area contributed by atoms with Gasteiger partial charge in [0.2, 0.25) is 0 Å². The van der Waals surface area contributed by atoms with Crippen molar-refractivity contribution in [1.82, 2.24) is 0 Å². The van der Waals surface area contributed by atoms with Crippen LogP contribution < -0.4 is 4.74 Å². The summed E-state index contributed by atoms with van der Waals surface area (Å²) in [7, 11) is 1.26. The average molecular weight is 206 g/mol. The van der Waals surface area contributed by atoms with Crippen molar-refractivity contribution >= 4 is 11.8 Å². The summed E-state index contributed by atoms with van der Waals surface area (Å²) in [6, 6.07) is 6.87. The molecule has 1 atom stereocenters. The highest BCUT2D eigenvalue weighted by atomic mass is 16.5. The van der Waals surface area contributed by atoms with Crippen LogP contribution in [0.4, 0.5) is 0 Å². The molecule has 0 N–H and O–H groups in total. The lowest BCUT2D eigenvalue weighted by molar-refractivity contribution is -0.144. The molecular formula is C11H10O4. The summed E-state index contributed by atoms with van der Waals surface area (Å²) in [6.45, 7) is 0.0581. The van der Waals surface area contributed by atoms with Gasteiger partial charge in [-0.15, -0.1) is 0 Å². The molecule has 1 aliphatic heterocycles. The number of ketones is 1. The van der Waals surface area contributed by atoms with Gasteiger partial charge >= 0.3 is 5.97 Å². The van der Waals surface area contributed by atoms with Crippen molar-refractivity contribution in [2.24, 2.45) is 5.92 Å². The predicted molar refractivity (Wildman–Crippen MR) is 51.8 cm³/mol. The zero-order chi connectivity index (χ0) is 10.8. The van der Waals surface area contributed by atoms with Crippen molar-refractivity contribution in [1.29, 1.82) is 0 Å². The van der Waals surface area contributed by atoms with Gasteiger partial charge < -0.3 is 9.47 Å². The van der Waals surface area contributed by atoms with Gasteiger partial charge in [0.15, 0.2) is 11.7 Å². The summed E-state index contributed by atoms with van der Waals surface area (Å²) >= 11 is 0. The molecular weight excluding hydrogens is 196 g/mol. The highest BCUT2D eigenvalue weighted by molar-refractivity contribution is 6.10. The number of rotatable bonds is 1. The van der Waals surface area contributed by atoms with Gasteiger partial charge in [-0.3, -0.25) is 9.59 Å². The van der Waals surface area contributed by atoms with Gasteiger partial charge in [-0.25, -0.2) is 0 Å². The molecule has 78 valence electrons. The van der Waals surface area contributed by atoms with E-state index < -0.39 is 11.9 Å². The zero-order valence-electron chi connectivity index (χ0n) is 8.23. The maximum atomic E-state index is 11.8. The molecule has 0 unspecified atom stereocenters. The van der Waals surface area contributed by atoms with Crippen LogP contribution in [0.25, 0.3) is 0 Å². The summed E-state index contributed by atoms with van der Waals surface area (Å²) in [4.78, 5) is 23.1. The molecule has 0 radical (unpaired) electrons. The van der Waals surface area contributed by atoms with Gasteiger partial charge in [0, 0.05) is 0 Å². The van der Waals surface area contributed by atoms with Gasteiger partial charge in [-0.1, -0.05) is 12.1 Å². The minimum Gasteiger partial charge on any atom is -0.491 e. The second kappa shape index (κ2) is 3.73. The Bertz CT molecular complexity index is 411. The molecule has 4 nitrogen and oxygen atoms in total. The second-order valence-corrected chi connectivity index (χ2v) is 3.25. The Balaban J connectivity index is 2.34. The summed E-state index contributed by atoms with van der Waals surface area (Å²) < 4.78 is 9.84. The Morgan fingerprint density at radius 2 is 2.20 bits per heavy atom. The number of carbonyl (C=O) groups excluding carboxylic acids is 2. The van der Waals surface area contributed by atoms with E-state index in [1.807, 2.05) is 0 Å². The van der Waals surface area contributed by atoms with Crippen molar-refractivity contribution in [2.75, 3.05) is 13.7 Å². The minimum atomic E-state index is -0.829. The Morgan fingerprint density at radius 1 is 1.47 bits per heavy atom. The van der Waals surface area contributed by atoms with Gasteiger partial charge in [0.05, 0.1) is 12.7 Å². The van der Waals surface area contributed by atoms with Crippen LogP contribution in [-0.2, 0) is 9.53 Å². The standard InChI is InChI=1S/C11H10O4/c1-14-11(13)8-6-15-9-5-3-2-4-7(9)10(8)12/h2-5,8H,6H2,1H3/t8-/m1/s1. The molecule has 2 rings (SSSR count). The Hall–Kier alpha value is -1.84. The fourth-order valence-corrected chi connectivity index (χ4v) is 1.55. The van der Waals surface area contributed by atoms with Crippen LogP contribution in [-0.4, -0.2) is 25.5 Å². The number of hydrogen-bond donors (Lipinski definition) is 0. The molecule has 1 aliphatic rings. The fraction of sp³-hybridized carbons (Fsp3) is 0.273. The molecule has 15 heavy (non-hydrogen) atoms. The number of para-hydroxylation sites is 1. The normalized spacial score (nSPS) is 19.0. The van der Waals surface area contributed by atoms with E-state index in [-0.39, 0.29) is 12.4 Å². The Kier molecular flexibility index (Phi) is 2.41. The number of carbonyl (C=O) groups is 2. The second-order valence-electron chi connectivity index (χ2n) is 3.25. The molecule has 1 aromatic carbocycles. The third kappa shape index (κ3) is 1.58. The third-order valence-corrected chi connectivity index (χ3v) is 2.36. The molecule has 0 fully saturated rings. The van der Waals surface area contributed by atoms with E-state index in [0.717, 1.165) is 0 Å². The number of hydrogen-bond acceptors (Lipinski definition) is 4. The molecule has 0 amide bonds. The fourth-order valence-electron chi connectivity index (χ4n) is 1.55. The van der Waals surface area contributed by atoms with Crippen molar-refractivity contribution in [3.05, 3.63) is 29.8 Å². The maximum Gasteiger partial charge on any atom is 0.320 e. The monoisotopic (exact) mass is 206 g/mol. The minimum absolute atomic E-state index is 0.0581. The number of methoxy groups -OCH3 is 1. The number of esters is 1. The highest BCUT2D eigenvalue weighted by Gasteiger charge is 2.34. The molecule has 0 bridgehead atoms. The van der Waals surface area contributed by atoms with E-state index in [0.29, 0.717) is 11.3 Å². The largest absolute Gasteiger partial charge is 0.491 e. The van der Waals surface area contributed by atoms with E-state index in [9.17, 15) is 9.59 Å². The quantitative estimate of drug-likeness (QED) is 0.509. The van der Waals surface area contributed by atoms with Gasteiger partial charge in [0.1, 0.15) is 12.4 Å². The van der Waals surface area contributed by atoms with E-state index in [1.54, 1.807) is 24.3 Å². The van der Waals surface area contributed by atoms with Gasteiger partial charge in [-0.05, 0) is 12.1 Å². The zero-order valence-corrected chi connectivity index (χ0v) is 8.23. The Morgan fingerprint density at radius 3 is 2.93 bits per heavy atom. The molecule has 0 saturated carbocycles. The van der Waals surface area contributed by atoms with Crippen LogP contribution in [0.15, 0.2) is 24.3 Å².